The summed E-state index contributed by atoms with van der Waals surface area (Å²) >= 11 is 0. The Hall–Kier alpha value is -0.630. The van der Waals surface area contributed by atoms with Crippen LogP contribution in [0.3, 0.4) is 0 Å². The molecule has 0 amide bonds. The summed E-state index contributed by atoms with van der Waals surface area (Å²) in [6.45, 7) is 7.33. The van der Waals surface area contributed by atoms with Crippen molar-refractivity contribution in [3.63, 3.8) is 0 Å². The third-order valence-electron chi connectivity index (χ3n) is 3.20. The minimum atomic E-state index is -3.99. The van der Waals surface area contributed by atoms with Gasteiger partial charge in [-0.1, -0.05) is 13.8 Å². The molecule has 0 bridgehead atoms. The van der Waals surface area contributed by atoms with E-state index in [1.807, 2.05) is 0 Å². The van der Waals surface area contributed by atoms with E-state index in [1.54, 1.807) is 27.7 Å². The summed E-state index contributed by atoms with van der Waals surface area (Å²) < 4.78 is 49.2. The summed E-state index contributed by atoms with van der Waals surface area (Å²) in [6.07, 6.45) is 0. The van der Waals surface area contributed by atoms with Crippen LogP contribution in [0.25, 0.3) is 0 Å². The minimum Gasteiger partial charge on any atom is -0.207 e. The van der Waals surface area contributed by atoms with E-state index >= 15 is 0 Å². The number of benzene rings is 1. The number of rotatable bonds is 5. The lowest BCUT2D eigenvalue weighted by Gasteiger charge is -2.19. The van der Waals surface area contributed by atoms with Crippen molar-refractivity contribution < 1.29 is 16.8 Å². The highest BCUT2D eigenvalue weighted by Gasteiger charge is 2.25. The van der Waals surface area contributed by atoms with E-state index in [0.717, 1.165) is 6.07 Å². The standard InChI is InChI=1S/C12H18ClNO4S2/c1-5-14(6-2)20(17,18)11-7-9(3)10(4)12(8-11)19(13,15)16/h7-8H,5-6H2,1-4H3. The van der Waals surface area contributed by atoms with Crippen molar-refractivity contribution in [2.24, 2.45) is 0 Å². The Bertz CT molecular complexity index is 707. The first-order valence-electron chi connectivity index (χ1n) is 6.11. The quantitative estimate of drug-likeness (QED) is 0.771. The molecule has 114 valence electrons. The van der Waals surface area contributed by atoms with Gasteiger partial charge in [0, 0.05) is 23.8 Å². The highest BCUT2D eigenvalue weighted by atomic mass is 35.7. The van der Waals surface area contributed by atoms with Gasteiger partial charge in [-0.15, -0.1) is 0 Å². The first-order valence-corrected chi connectivity index (χ1v) is 9.86. The molecule has 0 atom stereocenters. The van der Waals surface area contributed by atoms with Gasteiger partial charge >= 0.3 is 0 Å². The van der Waals surface area contributed by atoms with Gasteiger partial charge in [0.05, 0.1) is 9.79 Å². The summed E-state index contributed by atoms with van der Waals surface area (Å²) in [5, 5.41) is 0. The van der Waals surface area contributed by atoms with Gasteiger partial charge in [-0.05, 0) is 37.1 Å². The normalized spacial score (nSPS) is 12.9. The zero-order chi connectivity index (χ0) is 15.7. The van der Waals surface area contributed by atoms with Crippen molar-refractivity contribution in [1.29, 1.82) is 0 Å². The number of sulfonamides is 1. The fourth-order valence-electron chi connectivity index (χ4n) is 1.91. The van der Waals surface area contributed by atoms with Crippen LogP contribution in [0.1, 0.15) is 25.0 Å². The van der Waals surface area contributed by atoms with Gasteiger partial charge in [0.2, 0.25) is 10.0 Å². The molecule has 1 aromatic carbocycles. The zero-order valence-electron chi connectivity index (χ0n) is 11.8. The Morgan fingerprint density at radius 2 is 1.55 bits per heavy atom. The second-order valence-corrected chi connectivity index (χ2v) is 8.86. The Labute approximate surface area is 125 Å². The molecule has 0 aromatic heterocycles. The molecule has 0 saturated heterocycles. The molecule has 0 aliphatic rings. The Morgan fingerprint density at radius 3 is 1.95 bits per heavy atom. The summed E-state index contributed by atoms with van der Waals surface area (Å²) in [5.74, 6) is 0. The smallest absolute Gasteiger partial charge is 0.207 e. The Kier molecular flexibility index (Phi) is 5.23. The van der Waals surface area contributed by atoms with Crippen LogP contribution in [-0.4, -0.2) is 34.2 Å². The number of hydrogen-bond acceptors (Lipinski definition) is 4. The Balaban J connectivity index is 3.61. The maximum absolute atomic E-state index is 12.4. The van der Waals surface area contributed by atoms with E-state index in [9.17, 15) is 16.8 Å². The predicted molar refractivity (Wildman–Crippen MR) is 79.1 cm³/mol. The van der Waals surface area contributed by atoms with Crippen LogP contribution >= 0.6 is 10.7 Å². The highest BCUT2D eigenvalue weighted by molar-refractivity contribution is 8.13. The molecule has 0 aliphatic carbocycles. The minimum absolute atomic E-state index is 0.0523. The molecule has 1 rings (SSSR count). The number of nitrogens with zero attached hydrogens (tertiary/aromatic N) is 1. The van der Waals surface area contributed by atoms with E-state index in [-0.39, 0.29) is 9.79 Å². The Morgan fingerprint density at radius 1 is 1.05 bits per heavy atom. The molecule has 0 N–H and O–H groups in total. The van der Waals surface area contributed by atoms with Gasteiger partial charge in [-0.25, -0.2) is 16.8 Å². The molecule has 0 aliphatic heterocycles. The van der Waals surface area contributed by atoms with Gasteiger partial charge in [0.1, 0.15) is 0 Å². The summed E-state index contributed by atoms with van der Waals surface area (Å²) in [7, 11) is -2.33. The molecule has 0 unspecified atom stereocenters. The number of aryl methyl sites for hydroxylation is 1. The van der Waals surface area contributed by atoms with Crippen molar-refractivity contribution in [1.82, 2.24) is 4.31 Å². The van der Waals surface area contributed by atoms with Crippen LogP contribution in [0.5, 0.6) is 0 Å². The second-order valence-electron chi connectivity index (χ2n) is 4.39. The van der Waals surface area contributed by atoms with E-state index in [2.05, 4.69) is 0 Å². The second kappa shape index (κ2) is 6.01. The van der Waals surface area contributed by atoms with Gasteiger partial charge in [-0.3, -0.25) is 0 Å². The van der Waals surface area contributed by atoms with Crippen molar-refractivity contribution in [3.05, 3.63) is 23.3 Å². The molecule has 0 fully saturated rings. The third-order valence-corrected chi connectivity index (χ3v) is 6.67. The third kappa shape index (κ3) is 3.33. The molecule has 0 saturated carbocycles. The van der Waals surface area contributed by atoms with E-state index in [0.29, 0.717) is 24.2 Å². The molecule has 1 aromatic rings. The van der Waals surface area contributed by atoms with Crippen LogP contribution in [0.15, 0.2) is 21.9 Å². The fraction of sp³-hybridized carbons (Fsp3) is 0.500. The van der Waals surface area contributed by atoms with Crippen LogP contribution < -0.4 is 0 Å². The lowest BCUT2D eigenvalue weighted by atomic mass is 10.1. The first kappa shape index (κ1) is 17.4. The predicted octanol–water partition coefficient (Wildman–Crippen LogP) is 2.26. The fourth-order valence-corrected chi connectivity index (χ4v) is 4.83. The van der Waals surface area contributed by atoms with Crippen LogP contribution in [0.2, 0.25) is 0 Å². The molecule has 5 nitrogen and oxygen atoms in total. The van der Waals surface area contributed by atoms with Crippen LogP contribution in [-0.2, 0) is 19.1 Å². The summed E-state index contributed by atoms with van der Waals surface area (Å²) in [6, 6.07) is 2.59. The molecule has 8 heteroatoms. The van der Waals surface area contributed by atoms with E-state index < -0.39 is 19.1 Å². The van der Waals surface area contributed by atoms with E-state index in [1.165, 1.54) is 10.4 Å². The molecule has 20 heavy (non-hydrogen) atoms. The van der Waals surface area contributed by atoms with Crippen molar-refractivity contribution in [2.45, 2.75) is 37.5 Å². The largest absolute Gasteiger partial charge is 0.261 e. The molecular weight excluding hydrogens is 322 g/mol. The number of halogens is 1. The summed E-state index contributed by atoms with van der Waals surface area (Å²) in [4.78, 5) is -0.214. The van der Waals surface area contributed by atoms with Crippen molar-refractivity contribution in [3.8, 4) is 0 Å². The van der Waals surface area contributed by atoms with Gasteiger partial charge in [0.15, 0.2) is 0 Å². The molecular formula is C12H18ClNO4S2. The lowest BCUT2D eigenvalue weighted by Crippen LogP contribution is -2.30. The average Bonchev–Trinajstić information content (AvgIpc) is 2.31. The maximum Gasteiger partial charge on any atom is 0.261 e. The van der Waals surface area contributed by atoms with Gasteiger partial charge in [0.25, 0.3) is 9.05 Å². The topological polar surface area (TPSA) is 71.5 Å². The highest BCUT2D eigenvalue weighted by Crippen LogP contribution is 2.27. The lowest BCUT2D eigenvalue weighted by molar-refractivity contribution is 0.445. The average molecular weight is 340 g/mol. The zero-order valence-corrected chi connectivity index (χ0v) is 14.2. The van der Waals surface area contributed by atoms with Crippen LogP contribution in [0, 0.1) is 13.8 Å². The molecule has 0 spiro atoms. The maximum atomic E-state index is 12.4. The molecule has 0 heterocycles. The molecule has 0 radical (unpaired) electrons. The summed E-state index contributed by atoms with van der Waals surface area (Å²) in [5.41, 5.74) is 1.02. The monoisotopic (exact) mass is 339 g/mol. The van der Waals surface area contributed by atoms with Gasteiger partial charge in [-0.2, -0.15) is 4.31 Å². The van der Waals surface area contributed by atoms with Gasteiger partial charge < -0.3 is 0 Å². The van der Waals surface area contributed by atoms with Crippen molar-refractivity contribution >= 4 is 29.8 Å². The van der Waals surface area contributed by atoms with E-state index in [4.69, 9.17) is 10.7 Å². The van der Waals surface area contributed by atoms with Crippen LogP contribution in [0.4, 0.5) is 0 Å². The number of hydrogen-bond donors (Lipinski definition) is 0. The van der Waals surface area contributed by atoms with Crippen molar-refractivity contribution in [2.75, 3.05) is 13.1 Å². The first-order chi connectivity index (χ1) is 9.05. The SMILES string of the molecule is CCN(CC)S(=O)(=O)c1cc(C)c(C)c(S(=O)(=O)Cl)c1.